The highest BCUT2D eigenvalue weighted by Crippen LogP contribution is 2.15. The minimum atomic E-state index is 0.235. The van der Waals surface area contributed by atoms with Gasteiger partial charge in [0.2, 0.25) is 5.95 Å². The molecule has 6 nitrogen and oxygen atoms in total. The maximum Gasteiger partial charge on any atom is 0.324 e. The number of rotatable bonds is 6. The average molecular weight is 305 g/mol. The van der Waals surface area contributed by atoms with Crippen LogP contribution in [-0.4, -0.2) is 40.0 Å². The van der Waals surface area contributed by atoms with E-state index in [2.05, 4.69) is 50.0 Å². The first-order valence-electron chi connectivity index (χ1n) is 5.29. The summed E-state index contributed by atoms with van der Waals surface area (Å²) in [5.41, 5.74) is 0. The van der Waals surface area contributed by atoms with Gasteiger partial charge in [-0.3, -0.25) is 0 Å². The Morgan fingerprint density at radius 3 is 2.06 bits per heavy atom. The van der Waals surface area contributed by atoms with E-state index >= 15 is 0 Å². The van der Waals surface area contributed by atoms with Crippen molar-refractivity contribution >= 4 is 21.9 Å². The van der Waals surface area contributed by atoms with Gasteiger partial charge in [0.1, 0.15) is 0 Å². The standard InChI is InChI=1S/C10H17BrN4O2/c1-6(11)5-7(2)12-8-13-9(16-3)15-10(14-8)17-4/h6-7H,5H2,1-4H3,(H,12,13,14,15). The van der Waals surface area contributed by atoms with E-state index in [1.807, 2.05) is 0 Å². The molecule has 0 fully saturated rings. The van der Waals surface area contributed by atoms with Gasteiger partial charge in [0.15, 0.2) is 0 Å². The number of halogens is 1. The van der Waals surface area contributed by atoms with Crippen LogP contribution in [0.4, 0.5) is 5.95 Å². The van der Waals surface area contributed by atoms with E-state index in [1.165, 1.54) is 14.2 Å². The van der Waals surface area contributed by atoms with E-state index < -0.39 is 0 Å². The molecule has 2 unspecified atom stereocenters. The first kappa shape index (κ1) is 14.0. The Hall–Kier alpha value is -1.11. The molecule has 1 heterocycles. The van der Waals surface area contributed by atoms with Crippen molar-refractivity contribution in [2.24, 2.45) is 0 Å². The van der Waals surface area contributed by atoms with Crippen LogP contribution in [-0.2, 0) is 0 Å². The van der Waals surface area contributed by atoms with Crippen LogP contribution in [0.25, 0.3) is 0 Å². The van der Waals surface area contributed by atoms with Gasteiger partial charge in [-0.25, -0.2) is 0 Å². The molecule has 0 saturated heterocycles. The molecule has 0 radical (unpaired) electrons. The van der Waals surface area contributed by atoms with Crippen LogP contribution in [0.5, 0.6) is 12.0 Å². The molecule has 96 valence electrons. The van der Waals surface area contributed by atoms with E-state index in [4.69, 9.17) is 9.47 Å². The molecule has 1 aromatic heterocycles. The van der Waals surface area contributed by atoms with Crippen LogP contribution >= 0.6 is 15.9 Å². The van der Waals surface area contributed by atoms with Crippen molar-refractivity contribution in [2.45, 2.75) is 31.1 Å². The Balaban J connectivity index is 2.75. The monoisotopic (exact) mass is 304 g/mol. The molecule has 0 saturated carbocycles. The van der Waals surface area contributed by atoms with Gasteiger partial charge in [-0.05, 0) is 13.3 Å². The molecule has 1 rings (SSSR count). The van der Waals surface area contributed by atoms with Crippen LogP contribution in [0.15, 0.2) is 0 Å². The van der Waals surface area contributed by atoms with E-state index in [-0.39, 0.29) is 18.1 Å². The topological polar surface area (TPSA) is 69.2 Å². The zero-order valence-electron chi connectivity index (χ0n) is 10.4. The summed E-state index contributed by atoms with van der Waals surface area (Å²) in [4.78, 5) is 12.5. The predicted molar refractivity (Wildman–Crippen MR) is 69.0 cm³/mol. The smallest absolute Gasteiger partial charge is 0.324 e. The molecule has 1 N–H and O–H groups in total. The van der Waals surface area contributed by atoms with E-state index in [1.54, 1.807) is 0 Å². The largest absolute Gasteiger partial charge is 0.467 e. The first-order chi connectivity index (χ1) is 8.05. The molecule has 1 aromatic rings. The fraction of sp³-hybridized carbons (Fsp3) is 0.700. The Morgan fingerprint density at radius 1 is 1.12 bits per heavy atom. The maximum absolute atomic E-state index is 4.97. The second-order valence-corrected chi connectivity index (χ2v) is 5.26. The van der Waals surface area contributed by atoms with Crippen LogP contribution < -0.4 is 14.8 Å². The van der Waals surface area contributed by atoms with Crippen molar-refractivity contribution in [3.8, 4) is 12.0 Å². The van der Waals surface area contributed by atoms with Crippen LogP contribution in [0.3, 0.4) is 0 Å². The first-order valence-corrected chi connectivity index (χ1v) is 6.21. The highest BCUT2D eigenvalue weighted by Gasteiger charge is 2.11. The number of aromatic nitrogens is 3. The summed E-state index contributed by atoms with van der Waals surface area (Å²) in [7, 11) is 3.01. The Kier molecular flexibility index (Phi) is 5.40. The minimum Gasteiger partial charge on any atom is -0.467 e. The van der Waals surface area contributed by atoms with Crippen molar-refractivity contribution in [3.63, 3.8) is 0 Å². The lowest BCUT2D eigenvalue weighted by Gasteiger charge is -2.15. The van der Waals surface area contributed by atoms with Crippen molar-refractivity contribution in [3.05, 3.63) is 0 Å². The molecular formula is C10H17BrN4O2. The quantitative estimate of drug-likeness (QED) is 0.809. The molecule has 0 bridgehead atoms. The third kappa shape index (κ3) is 4.72. The van der Waals surface area contributed by atoms with Gasteiger partial charge in [-0.2, -0.15) is 9.97 Å². The summed E-state index contributed by atoms with van der Waals surface area (Å²) < 4.78 is 9.94. The van der Waals surface area contributed by atoms with Crippen molar-refractivity contribution in [1.82, 2.24) is 15.0 Å². The highest BCUT2D eigenvalue weighted by molar-refractivity contribution is 9.09. The van der Waals surface area contributed by atoms with Gasteiger partial charge in [0.25, 0.3) is 0 Å². The third-order valence-electron chi connectivity index (χ3n) is 2.01. The highest BCUT2D eigenvalue weighted by atomic mass is 79.9. The SMILES string of the molecule is COc1nc(NC(C)CC(C)Br)nc(OC)n1. The van der Waals surface area contributed by atoms with Gasteiger partial charge in [0.05, 0.1) is 14.2 Å². The lowest BCUT2D eigenvalue weighted by Crippen LogP contribution is -2.20. The number of hydrogen-bond donors (Lipinski definition) is 1. The fourth-order valence-electron chi connectivity index (χ4n) is 1.35. The molecule has 0 aliphatic carbocycles. The molecule has 0 amide bonds. The lowest BCUT2D eigenvalue weighted by molar-refractivity contribution is 0.341. The van der Waals surface area contributed by atoms with Crippen LogP contribution in [0.2, 0.25) is 0 Å². The number of nitrogens with one attached hydrogen (secondary N) is 1. The third-order valence-corrected chi connectivity index (χ3v) is 2.39. The van der Waals surface area contributed by atoms with E-state index in [9.17, 15) is 0 Å². The van der Waals surface area contributed by atoms with Gasteiger partial charge < -0.3 is 14.8 Å². The molecule has 2 atom stereocenters. The molecule has 7 heteroatoms. The number of methoxy groups -OCH3 is 2. The van der Waals surface area contributed by atoms with Crippen molar-refractivity contribution in [2.75, 3.05) is 19.5 Å². The number of alkyl halides is 1. The number of hydrogen-bond acceptors (Lipinski definition) is 6. The molecular weight excluding hydrogens is 288 g/mol. The molecule has 17 heavy (non-hydrogen) atoms. The second-order valence-electron chi connectivity index (χ2n) is 3.69. The predicted octanol–water partition coefficient (Wildman–Crippen LogP) is 1.86. The summed E-state index contributed by atoms with van der Waals surface area (Å²) in [5, 5.41) is 3.17. The maximum atomic E-state index is 4.97. The zero-order valence-corrected chi connectivity index (χ0v) is 12.0. The normalized spacial score (nSPS) is 13.9. The Bertz CT molecular complexity index is 340. The van der Waals surface area contributed by atoms with Gasteiger partial charge in [-0.1, -0.05) is 22.9 Å². The minimum absolute atomic E-state index is 0.235. The summed E-state index contributed by atoms with van der Waals surface area (Å²) in [6, 6.07) is 0.707. The number of anilines is 1. The van der Waals surface area contributed by atoms with Gasteiger partial charge in [0, 0.05) is 10.9 Å². The molecule has 0 aliphatic rings. The summed E-state index contributed by atoms with van der Waals surface area (Å²) in [5.74, 6) is 0.453. The summed E-state index contributed by atoms with van der Waals surface area (Å²) >= 11 is 3.50. The van der Waals surface area contributed by atoms with Crippen LogP contribution in [0, 0.1) is 0 Å². The van der Waals surface area contributed by atoms with Crippen molar-refractivity contribution in [1.29, 1.82) is 0 Å². The summed E-state index contributed by atoms with van der Waals surface area (Å²) in [6.45, 7) is 4.15. The van der Waals surface area contributed by atoms with Gasteiger partial charge >= 0.3 is 12.0 Å². The second kappa shape index (κ2) is 6.58. The Labute approximate surface area is 109 Å². The lowest BCUT2D eigenvalue weighted by atomic mass is 10.2. The zero-order chi connectivity index (χ0) is 12.8. The van der Waals surface area contributed by atoms with Crippen LogP contribution in [0.1, 0.15) is 20.3 Å². The average Bonchev–Trinajstić information content (AvgIpc) is 2.27. The molecule has 0 aromatic carbocycles. The molecule has 0 aliphatic heterocycles. The van der Waals surface area contributed by atoms with E-state index in [0.29, 0.717) is 10.8 Å². The fourth-order valence-corrected chi connectivity index (χ4v) is 1.91. The molecule has 0 spiro atoms. The van der Waals surface area contributed by atoms with Gasteiger partial charge in [-0.15, -0.1) is 4.98 Å². The Morgan fingerprint density at radius 2 is 1.65 bits per heavy atom. The number of nitrogens with zero attached hydrogens (tertiary/aromatic N) is 3. The summed E-state index contributed by atoms with van der Waals surface area (Å²) in [6.07, 6.45) is 0.955. The number of ether oxygens (including phenoxy) is 2. The van der Waals surface area contributed by atoms with E-state index in [0.717, 1.165) is 6.42 Å². The van der Waals surface area contributed by atoms with Crippen molar-refractivity contribution < 1.29 is 9.47 Å².